The molecule has 2 fully saturated rings. The lowest BCUT2D eigenvalue weighted by molar-refractivity contribution is 0.0200. The van der Waals surface area contributed by atoms with E-state index in [0.717, 1.165) is 31.5 Å². The fourth-order valence-corrected chi connectivity index (χ4v) is 4.94. The zero-order chi connectivity index (χ0) is 19.3. The van der Waals surface area contributed by atoms with Crippen molar-refractivity contribution in [2.24, 2.45) is 0 Å². The third-order valence-electron chi connectivity index (χ3n) is 6.32. The first-order valence-electron chi connectivity index (χ1n) is 10.7. The summed E-state index contributed by atoms with van der Waals surface area (Å²) in [5.41, 5.74) is 3.48. The number of hydrogen-bond donors (Lipinski definition) is 2. The maximum absolute atomic E-state index is 12.6. The van der Waals surface area contributed by atoms with Crippen molar-refractivity contribution < 1.29 is 4.79 Å². The monoisotopic (exact) mass is 377 g/mol. The van der Waals surface area contributed by atoms with Crippen molar-refractivity contribution in [2.45, 2.75) is 70.1 Å². The second kappa shape index (κ2) is 8.78. The highest BCUT2D eigenvalue weighted by atomic mass is 16.2. The number of carbonyl (C=O) groups is 1. The summed E-state index contributed by atoms with van der Waals surface area (Å²) in [5, 5.41) is 6.32. The molecule has 0 saturated carbocycles. The van der Waals surface area contributed by atoms with Crippen molar-refractivity contribution in [3.05, 3.63) is 65.7 Å². The minimum absolute atomic E-state index is 0.0690. The van der Waals surface area contributed by atoms with Gasteiger partial charge in [-0.05, 0) is 49.3 Å². The van der Waals surface area contributed by atoms with E-state index in [4.69, 9.17) is 0 Å². The summed E-state index contributed by atoms with van der Waals surface area (Å²) in [6, 6.07) is 20.1. The predicted molar refractivity (Wildman–Crippen MR) is 114 cm³/mol. The number of fused-ring (bicyclic) bond motifs is 2. The summed E-state index contributed by atoms with van der Waals surface area (Å²) in [7, 11) is 0. The van der Waals surface area contributed by atoms with Crippen molar-refractivity contribution >= 4 is 11.7 Å². The minimum Gasteiger partial charge on any atom is -0.335 e. The number of anilines is 1. The van der Waals surface area contributed by atoms with Crippen LogP contribution in [0.25, 0.3) is 0 Å². The zero-order valence-corrected chi connectivity index (χ0v) is 16.7. The largest absolute Gasteiger partial charge is 0.335 e. The molecule has 4 heteroatoms. The molecular formula is C24H31N3O. The van der Waals surface area contributed by atoms with Crippen LogP contribution in [0.5, 0.6) is 0 Å². The summed E-state index contributed by atoms with van der Waals surface area (Å²) in [5.74, 6) is 0. The molecule has 4 rings (SSSR count). The minimum atomic E-state index is -0.0690. The van der Waals surface area contributed by atoms with E-state index in [9.17, 15) is 4.79 Å². The molecule has 2 aromatic rings. The molecule has 2 saturated heterocycles. The second-order valence-corrected chi connectivity index (χ2v) is 8.17. The molecule has 4 nitrogen and oxygen atoms in total. The number of nitrogens with zero attached hydrogens (tertiary/aromatic N) is 1. The average molecular weight is 378 g/mol. The van der Waals surface area contributed by atoms with Gasteiger partial charge in [-0.1, -0.05) is 61.9 Å². The maximum Gasteiger partial charge on any atom is 0.319 e. The molecule has 0 aliphatic carbocycles. The normalized spacial score (nSPS) is 24.5. The van der Waals surface area contributed by atoms with E-state index in [1.165, 1.54) is 30.4 Å². The summed E-state index contributed by atoms with van der Waals surface area (Å²) in [4.78, 5) is 15.3. The zero-order valence-electron chi connectivity index (χ0n) is 16.7. The molecule has 2 N–H and O–H groups in total. The highest BCUT2D eigenvalue weighted by molar-refractivity contribution is 5.90. The topological polar surface area (TPSA) is 44.4 Å². The summed E-state index contributed by atoms with van der Waals surface area (Å²) in [6.45, 7) is 3.14. The molecule has 28 heavy (non-hydrogen) atoms. The first-order chi connectivity index (χ1) is 13.7. The molecular weight excluding hydrogens is 346 g/mol. The molecule has 0 radical (unpaired) electrons. The molecule has 2 unspecified atom stereocenters. The van der Waals surface area contributed by atoms with Crippen LogP contribution in [0.1, 0.15) is 50.2 Å². The Morgan fingerprint density at radius 1 is 1.00 bits per heavy atom. The number of hydrogen-bond acceptors (Lipinski definition) is 2. The van der Waals surface area contributed by atoms with Crippen molar-refractivity contribution in [2.75, 3.05) is 5.32 Å². The van der Waals surface area contributed by atoms with Crippen molar-refractivity contribution in [3.8, 4) is 0 Å². The summed E-state index contributed by atoms with van der Waals surface area (Å²) in [6.07, 6.45) is 6.80. The number of para-hydroxylation sites is 1. The van der Waals surface area contributed by atoms with E-state index in [0.29, 0.717) is 12.1 Å². The van der Waals surface area contributed by atoms with E-state index in [-0.39, 0.29) is 12.1 Å². The number of aryl methyl sites for hydroxylation is 1. The van der Waals surface area contributed by atoms with Gasteiger partial charge in [0, 0.05) is 30.4 Å². The Labute approximate surface area is 168 Å². The fourth-order valence-electron chi connectivity index (χ4n) is 4.94. The number of urea groups is 1. The first-order valence-corrected chi connectivity index (χ1v) is 10.7. The standard InChI is InChI=1S/C24H31N3O/c1-2-19-11-6-7-14-23(19)26-24(28)25-20-15-21-12-8-13-22(16-20)27(21)17-18-9-4-3-5-10-18/h3-7,9-11,14,20-22H,2,8,12-13,15-17H2,1H3,(H2,25,26,28). The van der Waals surface area contributed by atoms with E-state index in [1.54, 1.807) is 0 Å². The van der Waals surface area contributed by atoms with Gasteiger partial charge >= 0.3 is 6.03 Å². The van der Waals surface area contributed by atoms with Gasteiger partial charge in [0.2, 0.25) is 0 Å². The number of amides is 2. The van der Waals surface area contributed by atoms with Gasteiger partial charge in [0.05, 0.1) is 0 Å². The molecule has 0 spiro atoms. The van der Waals surface area contributed by atoms with Gasteiger partial charge in [0.15, 0.2) is 0 Å². The SMILES string of the molecule is CCc1ccccc1NC(=O)NC1CC2CCCC(C1)N2Cc1ccccc1. The van der Waals surface area contributed by atoms with Gasteiger partial charge in [-0.3, -0.25) is 4.90 Å². The van der Waals surface area contributed by atoms with Crippen LogP contribution in [0, 0.1) is 0 Å². The van der Waals surface area contributed by atoms with Gasteiger partial charge in [-0.25, -0.2) is 4.79 Å². The first kappa shape index (κ1) is 19.0. The van der Waals surface area contributed by atoms with Gasteiger partial charge in [0.1, 0.15) is 0 Å². The Hall–Kier alpha value is -2.33. The van der Waals surface area contributed by atoms with Crippen LogP contribution in [-0.2, 0) is 13.0 Å². The van der Waals surface area contributed by atoms with Gasteiger partial charge < -0.3 is 10.6 Å². The molecule has 2 heterocycles. The quantitative estimate of drug-likeness (QED) is 0.774. The maximum atomic E-state index is 12.6. The van der Waals surface area contributed by atoms with Crippen molar-refractivity contribution in [3.63, 3.8) is 0 Å². The molecule has 2 amide bonds. The smallest absolute Gasteiger partial charge is 0.319 e. The lowest BCUT2D eigenvalue weighted by Crippen LogP contribution is -2.56. The number of nitrogens with one attached hydrogen (secondary N) is 2. The van der Waals surface area contributed by atoms with Gasteiger partial charge in [0.25, 0.3) is 0 Å². The molecule has 2 aliphatic heterocycles. The van der Waals surface area contributed by atoms with E-state index in [1.807, 2.05) is 18.2 Å². The lowest BCUT2D eigenvalue weighted by atomic mass is 9.81. The predicted octanol–water partition coefficient (Wildman–Crippen LogP) is 4.96. The van der Waals surface area contributed by atoms with Crippen LogP contribution >= 0.6 is 0 Å². The molecule has 0 aromatic heterocycles. The Morgan fingerprint density at radius 3 is 2.39 bits per heavy atom. The number of piperidine rings is 2. The van der Waals surface area contributed by atoms with Crippen molar-refractivity contribution in [1.29, 1.82) is 0 Å². The van der Waals surface area contributed by atoms with Crippen LogP contribution in [0.2, 0.25) is 0 Å². The molecule has 2 atom stereocenters. The number of carbonyl (C=O) groups excluding carboxylic acids is 1. The number of benzene rings is 2. The van der Waals surface area contributed by atoms with Crippen molar-refractivity contribution in [1.82, 2.24) is 10.2 Å². The van der Waals surface area contributed by atoms with E-state index in [2.05, 4.69) is 58.9 Å². The molecule has 148 valence electrons. The Balaban J connectivity index is 1.37. The second-order valence-electron chi connectivity index (χ2n) is 8.17. The van der Waals surface area contributed by atoms with Crippen LogP contribution in [0.15, 0.2) is 54.6 Å². The Morgan fingerprint density at radius 2 is 1.68 bits per heavy atom. The van der Waals surface area contributed by atoms with Crippen LogP contribution < -0.4 is 10.6 Å². The third-order valence-corrected chi connectivity index (χ3v) is 6.32. The fraction of sp³-hybridized carbons (Fsp3) is 0.458. The van der Waals surface area contributed by atoms with Crippen LogP contribution in [0.4, 0.5) is 10.5 Å². The number of rotatable bonds is 5. The molecule has 2 aromatic carbocycles. The Bertz CT molecular complexity index is 777. The van der Waals surface area contributed by atoms with Gasteiger partial charge in [-0.2, -0.15) is 0 Å². The van der Waals surface area contributed by atoms with E-state index < -0.39 is 0 Å². The van der Waals surface area contributed by atoms with Crippen LogP contribution in [-0.4, -0.2) is 29.1 Å². The molecule has 2 aliphatic rings. The summed E-state index contributed by atoms with van der Waals surface area (Å²) < 4.78 is 0. The summed E-state index contributed by atoms with van der Waals surface area (Å²) >= 11 is 0. The Kier molecular flexibility index (Phi) is 5.96. The highest BCUT2D eigenvalue weighted by Gasteiger charge is 2.38. The van der Waals surface area contributed by atoms with E-state index >= 15 is 0 Å². The highest BCUT2D eigenvalue weighted by Crippen LogP contribution is 2.35. The molecule has 2 bridgehead atoms. The third kappa shape index (κ3) is 4.39. The van der Waals surface area contributed by atoms with Crippen LogP contribution in [0.3, 0.4) is 0 Å². The van der Waals surface area contributed by atoms with Gasteiger partial charge in [-0.15, -0.1) is 0 Å². The average Bonchev–Trinajstić information content (AvgIpc) is 2.70. The lowest BCUT2D eigenvalue weighted by Gasteiger charge is -2.49.